The van der Waals surface area contributed by atoms with Gasteiger partial charge in [0, 0.05) is 18.1 Å². The molecule has 5 heteroatoms. The molecule has 0 radical (unpaired) electrons. The lowest BCUT2D eigenvalue weighted by molar-refractivity contribution is -0.137. The van der Waals surface area contributed by atoms with Crippen LogP contribution < -0.4 is 0 Å². The summed E-state index contributed by atoms with van der Waals surface area (Å²) in [7, 11) is 1.37. The Balaban J connectivity index is 3.97. The van der Waals surface area contributed by atoms with Crippen LogP contribution in [0.2, 0.25) is 0 Å². The van der Waals surface area contributed by atoms with Crippen molar-refractivity contribution in [3.63, 3.8) is 0 Å². The Morgan fingerprint density at radius 1 is 1.13 bits per heavy atom. The number of thioether (sulfide) groups is 1. The lowest BCUT2D eigenvalue weighted by atomic mass is 10.0. The minimum atomic E-state index is -0.251. The molecule has 0 aliphatic carbocycles. The molecule has 23 heavy (non-hydrogen) atoms. The van der Waals surface area contributed by atoms with E-state index in [4.69, 9.17) is 5.11 Å². The molecule has 132 valence electrons. The number of esters is 1. The Bertz CT molecular complexity index is 427. The summed E-state index contributed by atoms with van der Waals surface area (Å²) in [5, 5.41) is 8.79. The Hall–Kier alpha value is -1.07. The molecule has 0 saturated carbocycles. The van der Waals surface area contributed by atoms with Crippen LogP contribution in [-0.2, 0) is 14.3 Å². The highest BCUT2D eigenvalue weighted by Crippen LogP contribution is 2.15. The van der Waals surface area contributed by atoms with Crippen molar-refractivity contribution < 1.29 is 19.4 Å². The average Bonchev–Trinajstić information content (AvgIpc) is 2.52. The summed E-state index contributed by atoms with van der Waals surface area (Å²) < 4.78 is 4.57. The van der Waals surface area contributed by atoms with Gasteiger partial charge >= 0.3 is 5.97 Å². The van der Waals surface area contributed by atoms with Gasteiger partial charge in [-0.2, -0.15) is 0 Å². The molecule has 0 spiro atoms. The van der Waals surface area contributed by atoms with Crippen LogP contribution in [-0.4, -0.2) is 42.1 Å². The second-order valence-corrected chi connectivity index (χ2v) is 6.81. The summed E-state index contributed by atoms with van der Waals surface area (Å²) >= 11 is 1.44. The third-order valence-electron chi connectivity index (χ3n) is 3.60. The first-order valence-corrected chi connectivity index (χ1v) is 9.15. The normalized spacial score (nSPS) is 13.8. The van der Waals surface area contributed by atoms with Gasteiger partial charge in [-0.1, -0.05) is 30.2 Å². The number of allylic oxidation sites excluding steroid dienone is 3. The second kappa shape index (κ2) is 13.4. The van der Waals surface area contributed by atoms with Crippen LogP contribution in [0.5, 0.6) is 0 Å². The van der Waals surface area contributed by atoms with Gasteiger partial charge in [0.15, 0.2) is 0 Å². The summed E-state index contributed by atoms with van der Waals surface area (Å²) in [4.78, 5) is 23.1. The molecule has 0 aromatic rings. The second-order valence-electron chi connectivity index (χ2n) is 5.78. The molecule has 4 nitrogen and oxygen atoms in total. The molecular weight excluding hydrogens is 312 g/mol. The van der Waals surface area contributed by atoms with Crippen molar-refractivity contribution in [3.05, 3.63) is 23.3 Å². The summed E-state index contributed by atoms with van der Waals surface area (Å²) in [6.45, 7) is 6.06. The number of hydrogen-bond acceptors (Lipinski definition) is 5. The minimum Gasteiger partial charge on any atom is -0.468 e. The highest BCUT2D eigenvalue weighted by Gasteiger charge is 2.13. The first kappa shape index (κ1) is 21.9. The van der Waals surface area contributed by atoms with Crippen LogP contribution in [0.25, 0.3) is 0 Å². The summed E-state index contributed by atoms with van der Waals surface area (Å²) in [5.41, 5.74) is 2.41. The maximum Gasteiger partial charge on any atom is 0.315 e. The summed E-state index contributed by atoms with van der Waals surface area (Å²) in [5.74, 6) is 0.910. The van der Waals surface area contributed by atoms with Crippen LogP contribution in [0.15, 0.2) is 23.3 Å². The summed E-state index contributed by atoms with van der Waals surface area (Å²) in [6, 6.07) is 0. The smallest absolute Gasteiger partial charge is 0.315 e. The van der Waals surface area contributed by atoms with Crippen LogP contribution in [0.4, 0.5) is 0 Å². The van der Waals surface area contributed by atoms with Crippen molar-refractivity contribution in [2.75, 3.05) is 25.2 Å². The van der Waals surface area contributed by atoms with E-state index in [1.807, 2.05) is 19.9 Å². The fourth-order valence-electron chi connectivity index (χ4n) is 1.94. The van der Waals surface area contributed by atoms with Crippen molar-refractivity contribution in [2.45, 2.75) is 46.5 Å². The number of aliphatic hydroxyl groups excluding tert-OH is 1. The number of carbonyl (C=O) groups is 2. The maximum absolute atomic E-state index is 12.1. The van der Waals surface area contributed by atoms with E-state index in [0.717, 1.165) is 19.3 Å². The van der Waals surface area contributed by atoms with Gasteiger partial charge in [-0.25, -0.2) is 0 Å². The lowest BCUT2D eigenvalue weighted by Gasteiger charge is -2.10. The fraction of sp³-hybridized carbons (Fsp3) is 0.667. The van der Waals surface area contributed by atoms with Crippen molar-refractivity contribution in [1.82, 2.24) is 0 Å². The summed E-state index contributed by atoms with van der Waals surface area (Å²) in [6.07, 6.45) is 7.19. The average molecular weight is 343 g/mol. The predicted octanol–water partition coefficient (Wildman–Crippen LogP) is 3.54. The van der Waals surface area contributed by atoms with Gasteiger partial charge < -0.3 is 9.84 Å². The number of aliphatic hydroxyl groups is 1. The third-order valence-corrected chi connectivity index (χ3v) is 4.78. The van der Waals surface area contributed by atoms with E-state index in [9.17, 15) is 9.59 Å². The first-order valence-electron chi connectivity index (χ1n) is 8.00. The number of ether oxygens (including phenoxy) is 1. The predicted molar refractivity (Wildman–Crippen MR) is 96.6 cm³/mol. The fourth-order valence-corrected chi connectivity index (χ4v) is 2.89. The van der Waals surface area contributed by atoms with E-state index in [1.54, 1.807) is 0 Å². The molecule has 0 fully saturated rings. The van der Waals surface area contributed by atoms with Crippen LogP contribution in [0, 0.1) is 5.92 Å². The molecule has 0 aromatic heterocycles. The highest BCUT2D eigenvalue weighted by atomic mass is 32.2. The van der Waals surface area contributed by atoms with Crippen molar-refractivity contribution in [3.8, 4) is 0 Å². The Labute approximate surface area is 144 Å². The Kier molecular flexibility index (Phi) is 12.8. The maximum atomic E-state index is 12.1. The van der Waals surface area contributed by atoms with E-state index < -0.39 is 0 Å². The van der Waals surface area contributed by atoms with Gasteiger partial charge in [-0.05, 0) is 33.1 Å². The number of carbonyl (C=O) groups excluding carboxylic acids is 2. The van der Waals surface area contributed by atoms with Gasteiger partial charge in [0.1, 0.15) is 5.78 Å². The molecule has 1 unspecified atom stereocenters. The number of rotatable bonds is 12. The van der Waals surface area contributed by atoms with Crippen molar-refractivity contribution >= 4 is 23.5 Å². The molecule has 0 bridgehead atoms. The molecular formula is C18H30O4S. The van der Waals surface area contributed by atoms with Crippen LogP contribution >= 0.6 is 11.8 Å². The van der Waals surface area contributed by atoms with E-state index in [0.29, 0.717) is 17.9 Å². The topological polar surface area (TPSA) is 63.6 Å². The highest BCUT2D eigenvalue weighted by molar-refractivity contribution is 7.99. The molecule has 1 N–H and O–H groups in total. The van der Waals surface area contributed by atoms with E-state index >= 15 is 0 Å². The van der Waals surface area contributed by atoms with E-state index in [2.05, 4.69) is 17.7 Å². The SMILES string of the molecule is COC(=O)CSCC(C)C(=O)CC/C(C)=C/CC/C(C)=C\CO. The van der Waals surface area contributed by atoms with Crippen LogP contribution in [0.3, 0.4) is 0 Å². The van der Waals surface area contributed by atoms with Crippen molar-refractivity contribution in [2.24, 2.45) is 5.92 Å². The lowest BCUT2D eigenvalue weighted by Crippen LogP contribution is -2.15. The zero-order chi connectivity index (χ0) is 17.7. The first-order chi connectivity index (χ1) is 10.9. The molecule has 0 rings (SSSR count). The molecule has 0 aliphatic rings. The number of hydrogen-bond donors (Lipinski definition) is 1. The molecule has 0 saturated heterocycles. The molecule has 0 amide bonds. The number of methoxy groups -OCH3 is 1. The van der Waals surface area contributed by atoms with Gasteiger partial charge in [0.2, 0.25) is 0 Å². The zero-order valence-electron chi connectivity index (χ0n) is 14.8. The number of ketones is 1. The van der Waals surface area contributed by atoms with Gasteiger partial charge in [-0.3, -0.25) is 9.59 Å². The third kappa shape index (κ3) is 12.1. The Morgan fingerprint density at radius 2 is 1.78 bits per heavy atom. The monoisotopic (exact) mass is 342 g/mol. The van der Waals surface area contributed by atoms with E-state index in [-0.39, 0.29) is 24.3 Å². The van der Waals surface area contributed by atoms with Crippen LogP contribution in [0.1, 0.15) is 46.5 Å². The van der Waals surface area contributed by atoms with E-state index in [1.165, 1.54) is 30.0 Å². The quantitative estimate of drug-likeness (QED) is 0.434. The number of Topliss-reactive ketones (excluding diaryl/α,β-unsaturated/α-hetero) is 1. The molecule has 0 aliphatic heterocycles. The zero-order valence-corrected chi connectivity index (χ0v) is 15.6. The van der Waals surface area contributed by atoms with Gasteiger partial charge in [0.25, 0.3) is 0 Å². The standard InChI is InChI=1S/C18H30O4S/c1-14(6-5-7-15(2)10-11-19)8-9-17(20)16(3)12-23-13-18(21)22-4/h6,10,16,19H,5,7-9,11-13H2,1-4H3/b14-6+,15-10-. The molecule has 1 atom stereocenters. The largest absolute Gasteiger partial charge is 0.468 e. The molecule has 0 heterocycles. The Morgan fingerprint density at radius 3 is 2.39 bits per heavy atom. The van der Waals surface area contributed by atoms with Gasteiger partial charge in [0.05, 0.1) is 19.5 Å². The van der Waals surface area contributed by atoms with Crippen molar-refractivity contribution in [1.29, 1.82) is 0 Å². The molecule has 0 aromatic carbocycles. The minimum absolute atomic E-state index is 0.0350. The van der Waals surface area contributed by atoms with Gasteiger partial charge in [-0.15, -0.1) is 11.8 Å².